The molecule has 25 heteroatoms. The molecule has 0 atom stereocenters. The fraction of sp³-hybridized carbons (Fsp3) is 0.100. The molecule has 0 spiro atoms. The number of pyridine rings is 1. The number of carbonyl (C=O) groups excluding carboxylic acids is 3. The standard InChI is InChI=1S/C16H13ClN2O2S.C15H11ClN2O2S.C8H6Cl2O2.C8H7ClO3.C8H8N2S.C5H5N.ClH/c1-9-4-3-5-13-14(9)18-16(22-13)19-15(20)11-8-10(17)6-7-12(11)21-2;1-8-3-2-4-12-13(8)17-15(21-12)18-14(20)10-7-9(16)5-6-11(10)19;2*1-12-7-3-2-5(9)4-6(7)8(10)11;1-5-3-2-4-6-7(5)10-8(9)11-6;1-2-4-6-5-3-1;/h3-8H,1-2H3,(H,18,19,20);2-7,19H,1H3,(H,17,18,20);2-4H,1H3;2-4H,1H3,(H,10,11);2-4H,1H3,(H2,9,10);1-5H;1H. The van der Waals surface area contributed by atoms with Gasteiger partial charge in [0, 0.05) is 32.5 Å². The molecule has 16 nitrogen and oxygen atoms in total. The molecule has 4 aromatic heterocycles. The number of hydrogen-bond acceptors (Lipinski definition) is 16. The van der Waals surface area contributed by atoms with Crippen LogP contribution in [0.2, 0.25) is 20.1 Å². The van der Waals surface area contributed by atoms with Gasteiger partial charge in [0.15, 0.2) is 15.4 Å². The highest BCUT2D eigenvalue weighted by Gasteiger charge is 2.18. The predicted octanol–water partition coefficient (Wildman–Crippen LogP) is 17.2. The van der Waals surface area contributed by atoms with Gasteiger partial charge in [0.05, 0.1) is 68.7 Å². The molecule has 11 aromatic rings. The van der Waals surface area contributed by atoms with Gasteiger partial charge in [-0.15, -0.1) is 12.4 Å². The molecule has 85 heavy (non-hydrogen) atoms. The zero-order valence-electron chi connectivity index (χ0n) is 45.7. The van der Waals surface area contributed by atoms with E-state index in [-0.39, 0.29) is 40.8 Å². The Morgan fingerprint density at radius 1 is 0.494 bits per heavy atom. The van der Waals surface area contributed by atoms with Crippen molar-refractivity contribution >= 4 is 173 Å². The lowest BCUT2D eigenvalue weighted by atomic mass is 10.2. The number of phenolic OH excluding ortho intramolecular Hbond substituents is 1. The summed E-state index contributed by atoms with van der Waals surface area (Å²) in [5.74, 6) is -0.684. The Balaban J connectivity index is 0.000000194. The zero-order valence-corrected chi connectivity index (χ0v) is 52.7. The summed E-state index contributed by atoms with van der Waals surface area (Å²) in [4.78, 5) is 62.9. The molecule has 0 bridgehead atoms. The molecule has 4 heterocycles. The number of amides is 2. The number of nitrogen functional groups attached to an aromatic ring is 1. The van der Waals surface area contributed by atoms with E-state index in [1.807, 2.05) is 93.6 Å². The maximum Gasteiger partial charge on any atom is 0.339 e. The number of hydrogen-bond donors (Lipinski definition) is 5. The van der Waals surface area contributed by atoms with Crippen molar-refractivity contribution in [3.63, 3.8) is 0 Å². The summed E-state index contributed by atoms with van der Waals surface area (Å²) in [5.41, 5.74) is 12.6. The lowest BCUT2D eigenvalue weighted by Gasteiger charge is -2.08. The Hall–Kier alpha value is -7.82. The molecule has 0 aliphatic heterocycles. The molecule has 0 radical (unpaired) electrons. The van der Waals surface area contributed by atoms with Crippen molar-refractivity contribution in [1.82, 2.24) is 19.9 Å². The van der Waals surface area contributed by atoms with E-state index in [0.29, 0.717) is 58.3 Å². The third kappa shape index (κ3) is 19.6. The Kier molecular flexibility index (Phi) is 26.4. The van der Waals surface area contributed by atoms with Gasteiger partial charge in [-0.05, 0) is 152 Å². The number of thiazole rings is 3. The fourth-order valence-corrected chi connectivity index (χ4v) is 10.8. The van der Waals surface area contributed by atoms with Gasteiger partial charge in [-0.3, -0.25) is 30.0 Å². The van der Waals surface area contributed by atoms with Crippen LogP contribution >= 0.6 is 104 Å². The predicted molar refractivity (Wildman–Crippen MR) is 349 cm³/mol. The first-order valence-corrected chi connectivity index (χ1v) is 28.8. The second kappa shape index (κ2) is 33.0. The number of fused-ring (bicyclic) bond motifs is 3. The van der Waals surface area contributed by atoms with E-state index in [9.17, 15) is 24.3 Å². The maximum absolute atomic E-state index is 12.4. The number of para-hydroxylation sites is 3. The Bertz CT molecular complexity index is 4010. The van der Waals surface area contributed by atoms with E-state index < -0.39 is 17.1 Å². The quantitative estimate of drug-likeness (QED) is 0.0845. The summed E-state index contributed by atoms with van der Waals surface area (Å²) in [6, 6.07) is 42.0. The normalized spacial score (nSPS) is 10.1. The highest BCUT2D eigenvalue weighted by molar-refractivity contribution is 7.23. The minimum Gasteiger partial charge on any atom is -0.507 e. The first kappa shape index (κ1) is 68.0. The molecule has 2 amide bonds. The van der Waals surface area contributed by atoms with Crippen molar-refractivity contribution in [1.29, 1.82) is 0 Å². The summed E-state index contributed by atoms with van der Waals surface area (Å²) in [6.07, 6.45) is 3.50. The molecule has 0 aliphatic carbocycles. The summed E-state index contributed by atoms with van der Waals surface area (Å²) >= 11 is 32.7. The first-order valence-electron chi connectivity index (χ1n) is 24.4. The number of nitrogens with two attached hydrogens (primary N) is 1. The minimum absolute atomic E-state index is 0. The summed E-state index contributed by atoms with van der Waals surface area (Å²) in [7, 11) is 4.39. The number of aromatic carboxylic acids is 1. The second-order valence-electron chi connectivity index (χ2n) is 17.1. The van der Waals surface area contributed by atoms with Gasteiger partial charge >= 0.3 is 5.97 Å². The summed E-state index contributed by atoms with van der Waals surface area (Å²) < 4.78 is 18.1. The average Bonchev–Trinajstić information content (AvgIpc) is 3.27. The van der Waals surface area contributed by atoms with Crippen LogP contribution in [0.5, 0.6) is 23.0 Å². The monoisotopic (exact) mass is 1320 g/mol. The van der Waals surface area contributed by atoms with Crippen LogP contribution in [0, 0.1) is 20.8 Å². The van der Waals surface area contributed by atoms with Crippen molar-refractivity contribution in [3.05, 3.63) is 217 Å². The lowest BCUT2D eigenvalue weighted by Crippen LogP contribution is -2.13. The highest BCUT2D eigenvalue weighted by atomic mass is 35.5. The van der Waals surface area contributed by atoms with E-state index in [0.717, 1.165) is 37.1 Å². The number of carboxylic acids is 1. The molecule has 0 fully saturated rings. The van der Waals surface area contributed by atoms with Gasteiger partial charge in [-0.25, -0.2) is 19.7 Å². The van der Waals surface area contributed by atoms with Crippen molar-refractivity contribution in [3.8, 4) is 23.0 Å². The van der Waals surface area contributed by atoms with Gasteiger partial charge in [0.2, 0.25) is 0 Å². The number of anilines is 3. The third-order valence-corrected chi connectivity index (χ3v) is 15.1. The van der Waals surface area contributed by atoms with Crippen molar-refractivity contribution in [2.45, 2.75) is 20.8 Å². The van der Waals surface area contributed by atoms with Crippen LogP contribution in [0.4, 0.5) is 15.4 Å². The van der Waals surface area contributed by atoms with Gasteiger partial charge in [-0.1, -0.05) is 123 Å². The van der Waals surface area contributed by atoms with Crippen molar-refractivity contribution < 1.29 is 43.6 Å². The molecule has 440 valence electrons. The van der Waals surface area contributed by atoms with E-state index in [4.69, 9.17) is 83.1 Å². The van der Waals surface area contributed by atoms with Crippen molar-refractivity contribution in [2.24, 2.45) is 0 Å². The number of methoxy groups -OCH3 is 3. The number of phenols is 1. The van der Waals surface area contributed by atoms with Crippen molar-refractivity contribution in [2.75, 3.05) is 37.7 Å². The number of benzene rings is 7. The zero-order chi connectivity index (χ0) is 61.0. The number of ether oxygens (including phenoxy) is 3. The SMILES string of the molecule is COc1ccc(Cl)cc1C(=O)Cl.COc1ccc(Cl)cc1C(=O)Nc1nc2c(C)cccc2s1.COc1ccc(Cl)cc1C(=O)O.Cc1cccc2sc(N)nc12.Cc1cccc2sc(NC(=O)c3cc(Cl)ccc3O)nc12.Cl.c1ccncc1. The van der Waals surface area contributed by atoms with Crippen LogP contribution in [0.1, 0.15) is 58.1 Å². The van der Waals surface area contributed by atoms with E-state index in [1.165, 1.54) is 102 Å². The summed E-state index contributed by atoms with van der Waals surface area (Å²) in [6.45, 7) is 6.01. The van der Waals surface area contributed by atoms with Crippen LogP contribution < -0.4 is 30.6 Å². The number of halogens is 6. The molecule has 6 N–H and O–H groups in total. The van der Waals surface area contributed by atoms with E-state index in [1.54, 1.807) is 48.8 Å². The van der Waals surface area contributed by atoms with Crippen LogP contribution in [0.15, 0.2) is 158 Å². The Morgan fingerprint density at radius 3 is 1.26 bits per heavy atom. The largest absolute Gasteiger partial charge is 0.507 e. The molecule has 0 aliphatic rings. The van der Waals surface area contributed by atoms with E-state index in [2.05, 4.69) is 30.6 Å². The Morgan fingerprint density at radius 2 is 0.871 bits per heavy atom. The van der Waals surface area contributed by atoms with Crippen LogP contribution in [0.3, 0.4) is 0 Å². The molecular weight excluding hydrogens is 1270 g/mol. The number of rotatable bonds is 9. The van der Waals surface area contributed by atoms with Gasteiger partial charge in [0.25, 0.3) is 17.1 Å². The second-order valence-corrected chi connectivity index (χ2v) is 22.3. The number of nitrogens with zero attached hydrogens (tertiary/aromatic N) is 4. The lowest BCUT2D eigenvalue weighted by molar-refractivity contribution is 0.0692. The highest BCUT2D eigenvalue weighted by Crippen LogP contribution is 2.32. The number of carbonyl (C=O) groups is 4. The van der Waals surface area contributed by atoms with Crippen LogP contribution in [-0.4, -0.2) is 74.5 Å². The minimum atomic E-state index is -1.05. The smallest absolute Gasteiger partial charge is 0.339 e. The third-order valence-electron chi connectivity index (χ3n) is 11.3. The molecule has 0 saturated heterocycles. The number of nitrogens with one attached hydrogen (secondary N) is 2. The molecule has 11 rings (SSSR count). The van der Waals surface area contributed by atoms with E-state index >= 15 is 0 Å². The van der Waals surface area contributed by atoms with Crippen LogP contribution in [-0.2, 0) is 0 Å². The molecule has 7 aromatic carbocycles. The fourth-order valence-electron chi connectivity index (χ4n) is 7.25. The number of aryl methyl sites for hydroxylation is 3. The molecule has 0 unspecified atom stereocenters. The van der Waals surface area contributed by atoms with Gasteiger partial charge in [0.1, 0.15) is 28.6 Å². The maximum atomic E-state index is 12.4. The average molecular weight is 1320 g/mol. The number of aromatic nitrogens is 4. The summed E-state index contributed by atoms with van der Waals surface area (Å²) in [5, 5.41) is 26.7. The van der Waals surface area contributed by atoms with Gasteiger partial charge in [-0.2, -0.15) is 0 Å². The molecular formula is C60H51Cl6N7O9S3. The Labute approximate surface area is 531 Å². The first-order chi connectivity index (χ1) is 40.2. The van der Waals surface area contributed by atoms with Gasteiger partial charge < -0.3 is 30.2 Å². The van der Waals surface area contributed by atoms with Crippen LogP contribution in [0.25, 0.3) is 30.6 Å². The topological polar surface area (TPSA) is 238 Å². The molecule has 0 saturated carbocycles. The number of aromatic hydroxyl groups is 1. The number of carboxylic acid groups (broad SMARTS) is 1.